The Bertz CT molecular complexity index is 582. The maximum atomic E-state index is 12.2. The molecule has 1 heterocycles. The number of piperazine rings is 1. The van der Waals surface area contributed by atoms with Crippen molar-refractivity contribution in [3.8, 4) is 11.5 Å². The molecule has 1 atom stereocenters. The quantitative estimate of drug-likeness (QED) is 0.748. The molecule has 0 aromatic heterocycles. The lowest BCUT2D eigenvalue weighted by molar-refractivity contribution is -0.0900. The highest BCUT2D eigenvalue weighted by Gasteiger charge is 2.23. The summed E-state index contributed by atoms with van der Waals surface area (Å²) in [5, 5.41) is 3.22. The number of hydrogen-bond acceptors (Lipinski definition) is 6. The summed E-state index contributed by atoms with van der Waals surface area (Å²) < 4.78 is 22.7. The summed E-state index contributed by atoms with van der Waals surface area (Å²) in [5.74, 6) is 1.38. The molecule has 1 fully saturated rings. The van der Waals surface area contributed by atoms with E-state index in [2.05, 4.69) is 5.32 Å². The number of carbonyl (C=O) groups is 1. The molecule has 0 saturated carbocycles. The van der Waals surface area contributed by atoms with Crippen LogP contribution in [0.3, 0.4) is 0 Å². The lowest BCUT2D eigenvalue weighted by atomic mass is 10.1. The van der Waals surface area contributed by atoms with Crippen molar-refractivity contribution >= 4 is 6.09 Å². The van der Waals surface area contributed by atoms with Gasteiger partial charge < -0.3 is 29.2 Å². The van der Waals surface area contributed by atoms with E-state index >= 15 is 0 Å². The van der Waals surface area contributed by atoms with Crippen molar-refractivity contribution in [1.82, 2.24) is 10.2 Å². The Labute approximate surface area is 161 Å². The van der Waals surface area contributed by atoms with Gasteiger partial charge in [-0.15, -0.1) is 0 Å². The van der Waals surface area contributed by atoms with E-state index in [9.17, 15) is 4.79 Å². The third-order valence-electron chi connectivity index (χ3n) is 4.05. The van der Waals surface area contributed by atoms with Crippen LogP contribution in [0.25, 0.3) is 0 Å². The second-order valence-corrected chi connectivity index (χ2v) is 7.45. The number of para-hydroxylation sites is 2. The van der Waals surface area contributed by atoms with Crippen molar-refractivity contribution in [3.63, 3.8) is 0 Å². The van der Waals surface area contributed by atoms with Gasteiger partial charge in [-0.1, -0.05) is 12.1 Å². The van der Waals surface area contributed by atoms with E-state index in [1.54, 1.807) is 12.0 Å². The van der Waals surface area contributed by atoms with Crippen LogP contribution in [0.4, 0.5) is 4.79 Å². The Kier molecular flexibility index (Phi) is 8.19. The van der Waals surface area contributed by atoms with E-state index < -0.39 is 0 Å². The van der Waals surface area contributed by atoms with Crippen LogP contribution < -0.4 is 14.8 Å². The number of methoxy groups -OCH3 is 1. The molecule has 0 spiro atoms. The first-order valence-corrected chi connectivity index (χ1v) is 9.45. The molecule has 1 aliphatic rings. The van der Waals surface area contributed by atoms with Crippen molar-refractivity contribution < 1.29 is 23.7 Å². The standard InChI is InChI=1S/C20H32N2O5/c1-20(2,3)27-16(15-26-19(23)22-12-10-21-11-13-22)9-14-25-18-8-6-5-7-17(18)24-4/h5-8,16,21H,9-15H2,1-4H3. The van der Waals surface area contributed by atoms with Gasteiger partial charge in [0.25, 0.3) is 0 Å². The van der Waals surface area contributed by atoms with Crippen LogP contribution >= 0.6 is 0 Å². The van der Waals surface area contributed by atoms with Gasteiger partial charge in [0, 0.05) is 32.6 Å². The van der Waals surface area contributed by atoms with Gasteiger partial charge in [-0.05, 0) is 32.9 Å². The fourth-order valence-electron chi connectivity index (χ4n) is 2.82. The topological polar surface area (TPSA) is 69.3 Å². The van der Waals surface area contributed by atoms with Crippen LogP contribution in [0.2, 0.25) is 0 Å². The number of nitrogens with zero attached hydrogens (tertiary/aromatic N) is 1. The normalized spacial score (nSPS) is 15.9. The molecule has 0 bridgehead atoms. The van der Waals surface area contributed by atoms with Gasteiger partial charge in [0.05, 0.1) is 25.4 Å². The average Bonchev–Trinajstić information content (AvgIpc) is 2.65. The summed E-state index contributed by atoms with van der Waals surface area (Å²) >= 11 is 0. The summed E-state index contributed by atoms with van der Waals surface area (Å²) in [6.45, 7) is 9.52. The number of hydrogen-bond donors (Lipinski definition) is 1. The number of benzene rings is 1. The highest BCUT2D eigenvalue weighted by Crippen LogP contribution is 2.26. The van der Waals surface area contributed by atoms with Crippen LogP contribution in [0.5, 0.6) is 11.5 Å². The monoisotopic (exact) mass is 380 g/mol. The molecule has 1 amide bonds. The average molecular weight is 380 g/mol. The van der Waals surface area contributed by atoms with Crippen LogP contribution in [0, 0.1) is 0 Å². The first kappa shape index (κ1) is 21.3. The Balaban J connectivity index is 1.84. The predicted molar refractivity (Wildman–Crippen MR) is 104 cm³/mol. The number of ether oxygens (including phenoxy) is 4. The maximum Gasteiger partial charge on any atom is 0.409 e. The van der Waals surface area contributed by atoms with Gasteiger partial charge in [-0.3, -0.25) is 0 Å². The first-order valence-electron chi connectivity index (χ1n) is 9.45. The van der Waals surface area contributed by atoms with Gasteiger partial charge in [0.15, 0.2) is 11.5 Å². The molecule has 7 nitrogen and oxygen atoms in total. The highest BCUT2D eigenvalue weighted by atomic mass is 16.6. The molecule has 1 aliphatic heterocycles. The Hall–Kier alpha value is -1.99. The van der Waals surface area contributed by atoms with Crippen LogP contribution in [-0.2, 0) is 9.47 Å². The summed E-state index contributed by atoms with van der Waals surface area (Å²) in [5.41, 5.74) is -0.337. The van der Waals surface area contributed by atoms with Crippen LogP contribution in [0.1, 0.15) is 27.2 Å². The Morgan fingerprint density at radius 3 is 2.48 bits per heavy atom. The van der Waals surface area contributed by atoms with E-state index in [4.69, 9.17) is 18.9 Å². The fourth-order valence-corrected chi connectivity index (χ4v) is 2.82. The molecule has 1 aromatic rings. The van der Waals surface area contributed by atoms with E-state index in [1.807, 2.05) is 45.0 Å². The van der Waals surface area contributed by atoms with E-state index in [0.29, 0.717) is 37.6 Å². The molecule has 1 saturated heterocycles. The summed E-state index contributed by atoms with van der Waals surface area (Å²) in [6.07, 6.45) is 0.0701. The molecule has 1 N–H and O–H groups in total. The van der Waals surface area contributed by atoms with Crippen molar-refractivity contribution in [3.05, 3.63) is 24.3 Å². The Morgan fingerprint density at radius 2 is 1.85 bits per heavy atom. The molecule has 0 radical (unpaired) electrons. The molecule has 152 valence electrons. The van der Waals surface area contributed by atoms with E-state index in [0.717, 1.165) is 13.1 Å². The molecule has 2 rings (SSSR count). The van der Waals surface area contributed by atoms with Crippen molar-refractivity contribution in [2.75, 3.05) is 46.5 Å². The smallest absolute Gasteiger partial charge is 0.409 e. The second-order valence-electron chi connectivity index (χ2n) is 7.45. The molecular formula is C20H32N2O5. The minimum absolute atomic E-state index is 0.204. The molecule has 1 aromatic carbocycles. The molecule has 7 heteroatoms. The zero-order valence-corrected chi connectivity index (χ0v) is 16.8. The zero-order chi connectivity index (χ0) is 19.7. The summed E-state index contributed by atoms with van der Waals surface area (Å²) in [4.78, 5) is 13.9. The van der Waals surface area contributed by atoms with E-state index in [1.165, 1.54) is 0 Å². The lowest BCUT2D eigenvalue weighted by Gasteiger charge is -2.30. The SMILES string of the molecule is COc1ccccc1OCCC(COC(=O)N1CCNCC1)OC(C)(C)C. The van der Waals surface area contributed by atoms with Gasteiger partial charge in [-0.25, -0.2) is 4.79 Å². The van der Waals surface area contributed by atoms with E-state index in [-0.39, 0.29) is 24.4 Å². The number of nitrogens with one attached hydrogen (secondary N) is 1. The van der Waals surface area contributed by atoms with Gasteiger partial charge >= 0.3 is 6.09 Å². The third-order valence-corrected chi connectivity index (χ3v) is 4.05. The third kappa shape index (κ3) is 7.64. The Morgan fingerprint density at radius 1 is 1.19 bits per heavy atom. The second kappa shape index (κ2) is 10.4. The lowest BCUT2D eigenvalue weighted by Crippen LogP contribution is -2.47. The van der Waals surface area contributed by atoms with Gasteiger partial charge in [0.1, 0.15) is 6.61 Å². The van der Waals surface area contributed by atoms with Gasteiger partial charge in [0.2, 0.25) is 0 Å². The van der Waals surface area contributed by atoms with Crippen molar-refractivity contribution in [1.29, 1.82) is 0 Å². The zero-order valence-electron chi connectivity index (χ0n) is 16.8. The predicted octanol–water partition coefficient (Wildman–Crippen LogP) is 2.69. The summed E-state index contributed by atoms with van der Waals surface area (Å²) in [7, 11) is 1.61. The van der Waals surface area contributed by atoms with Crippen LogP contribution in [-0.4, -0.2) is 69.2 Å². The first-order chi connectivity index (χ1) is 12.9. The largest absolute Gasteiger partial charge is 0.493 e. The van der Waals surface area contributed by atoms with Crippen molar-refractivity contribution in [2.45, 2.75) is 38.9 Å². The molecule has 27 heavy (non-hydrogen) atoms. The van der Waals surface area contributed by atoms with Crippen LogP contribution in [0.15, 0.2) is 24.3 Å². The highest BCUT2D eigenvalue weighted by molar-refractivity contribution is 5.67. The van der Waals surface area contributed by atoms with Crippen molar-refractivity contribution in [2.24, 2.45) is 0 Å². The van der Waals surface area contributed by atoms with Gasteiger partial charge in [-0.2, -0.15) is 0 Å². The fraction of sp³-hybridized carbons (Fsp3) is 0.650. The minimum atomic E-state index is -0.337. The number of rotatable bonds is 8. The molecular weight excluding hydrogens is 348 g/mol. The molecule has 0 aliphatic carbocycles. The minimum Gasteiger partial charge on any atom is -0.493 e. The maximum absolute atomic E-state index is 12.2. The number of amides is 1. The number of carbonyl (C=O) groups excluding carboxylic acids is 1. The summed E-state index contributed by atoms with van der Waals surface area (Å²) in [6, 6.07) is 7.51. The molecule has 1 unspecified atom stereocenters.